The van der Waals surface area contributed by atoms with Gasteiger partial charge in [0.05, 0.1) is 12.3 Å². The highest BCUT2D eigenvalue weighted by Crippen LogP contribution is 2.20. The van der Waals surface area contributed by atoms with Crippen LogP contribution in [0, 0.1) is 0 Å². The summed E-state index contributed by atoms with van der Waals surface area (Å²) in [5, 5.41) is 3.26. The molecule has 0 spiro atoms. The van der Waals surface area contributed by atoms with Crippen LogP contribution < -0.4 is 15.8 Å². The number of ether oxygens (including phenoxy) is 1. The standard InChI is InChI=1S/C15H20N4O/c1-2-10-20-15-13(16)5-6-14(19-15)18-9-7-12-4-3-8-17-11-12/h3-6,8,11H,2,7,9-10,16H2,1H3,(H,18,19). The molecule has 2 rings (SSSR count). The van der Waals surface area contributed by atoms with Gasteiger partial charge in [-0.1, -0.05) is 13.0 Å². The lowest BCUT2D eigenvalue weighted by molar-refractivity contribution is 0.307. The lowest BCUT2D eigenvalue weighted by Crippen LogP contribution is -2.08. The molecule has 20 heavy (non-hydrogen) atoms. The number of nitrogens with zero attached hydrogens (tertiary/aromatic N) is 2. The SMILES string of the molecule is CCCOc1nc(NCCc2cccnc2)ccc1N. The molecule has 0 saturated heterocycles. The van der Waals surface area contributed by atoms with E-state index in [0.717, 1.165) is 25.2 Å². The van der Waals surface area contributed by atoms with Crippen LogP contribution in [0.3, 0.4) is 0 Å². The molecule has 2 aromatic heterocycles. The predicted molar refractivity (Wildman–Crippen MR) is 80.9 cm³/mol. The Bertz CT molecular complexity index is 531. The largest absolute Gasteiger partial charge is 0.476 e. The van der Waals surface area contributed by atoms with Gasteiger partial charge in [-0.2, -0.15) is 4.98 Å². The van der Waals surface area contributed by atoms with Crippen molar-refractivity contribution in [3.05, 3.63) is 42.2 Å². The van der Waals surface area contributed by atoms with E-state index in [1.807, 2.05) is 31.3 Å². The Morgan fingerprint density at radius 2 is 2.20 bits per heavy atom. The maximum atomic E-state index is 5.83. The van der Waals surface area contributed by atoms with Crippen molar-refractivity contribution in [3.8, 4) is 5.88 Å². The molecular formula is C15H20N4O. The van der Waals surface area contributed by atoms with Gasteiger partial charge in [0.15, 0.2) is 0 Å². The van der Waals surface area contributed by atoms with E-state index in [2.05, 4.69) is 21.4 Å². The van der Waals surface area contributed by atoms with Crippen LogP contribution in [0.4, 0.5) is 11.5 Å². The molecule has 3 N–H and O–H groups in total. The quantitative estimate of drug-likeness (QED) is 0.810. The van der Waals surface area contributed by atoms with E-state index in [-0.39, 0.29) is 0 Å². The summed E-state index contributed by atoms with van der Waals surface area (Å²) < 4.78 is 5.51. The number of hydrogen-bond acceptors (Lipinski definition) is 5. The predicted octanol–water partition coefficient (Wildman–Crippen LogP) is 2.50. The second-order valence-corrected chi connectivity index (χ2v) is 4.48. The Morgan fingerprint density at radius 1 is 1.30 bits per heavy atom. The summed E-state index contributed by atoms with van der Waals surface area (Å²) in [4.78, 5) is 8.46. The maximum Gasteiger partial charge on any atom is 0.239 e. The smallest absolute Gasteiger partial charge is 0.239 e. The fourth-order valence-electron chi connectivity index (χ4n) is 1.74. The van der Waals surface area contributed by atoms with Gasteiger partial charge >= 0.3 is 0 Å². The zero-order valence-electron chi connectivity index (χ0n) is 11.7. The molecule has 0 fully saturated rings. The second-order valence-electron chi connectivity index (χ2n) is 4.48. The first kappa shape index (κ1) is 14.1. The number of aromatic nitrogens is 2. The third kappa shape index (κ3) is 4.12. The van der Waals surface area contributed by atoms with Crippen molar-refractivity contribution < 1.29 is 4.74 Å². The molecule has 0 aliphatic rings. The molecule has 5 nitrogen and oxygen atoms in total. The average molecular weight is 272 g/mol. The van der Waals surface area contributed by atoms with Gasteiger partial charge in [-0.05, 0) is 36.6 Å². The van der Waals surface area contributed by atoms with Crippen LogP contribution >= 0.6 is 0 Å². The van der Waals surface area contributed by atoms with Crippen molar-refractivity contribution in [1.82, 2.24) is 9.97 Å². The van der Waals surface area contributed by atoms with Crippen molar-refractivity contribution in [3.63, 3.8) is 0 Å². The Kier molecular flexibility index (Phi) is 5.17. The van der Waals surface area contributed by atoms with Gasteiger partial charge in [-0.25, -0.2) is 0 Å². The van der Waals surface area contributed by atoms with E-state index in [4.69, 9.17) is 10.5 Å². The lowest BCUT2D eigenvalue weighted by Gasteiger charge is -2.10. The second kappa shape index (κ2) is 7.33. The van der Waals surface area contributed by atoms with Gasteiger partial charge in [-0.3, -0.25) is 4.98 Å². The minimum absolute atomic E-state index is 0.498. The van der Waals surface area contributed by atoms with Crippen LogP contribution in [0.2, 0.25) is 0 Å². The summed E-state index contributed by atoms with van der Waals surface area (Å²) >= 11 is 0. The topological polar surface area (TPSA) is 73.1 Å². The Labute approximate surface area is 119 Å². The maximum absolute atomic E-state index is 5.83. The number of anilines is 2. The van der Waals surface area contributed by atoms with Crippen molar-refractivity contribution >= 4 is 11.5 Å². The molecule has 0 saturated carbocycles. The van der Waals surface area contributed by atoms with E-state index in [1.165, 1.54) is 5.56 Å². The Balaban J connectivity index is 1.89. The zero-order chi connectivity index (χ0) is 14.2. The normalized spacial score (nSPS) is 10.2. The third-order valence-corrected chi connectivity index (χ3v) is 2.78. The number of rotatable bonds is 7. The Morgan fingerprint density at radius 3 is 2.95 bits per heavy atom. The summed E-state index contributed by atoms with van der Waals surface area (Å²) in [5.41, 5.74) is 7.58. The number of nitrogens with two attached hydrogens (primary N) is 1. The lowest BCUT2D eigenvalue weighted by atomic mass is 10.2. The minimum Gasteiger partial charge on any atom is -0.476 e. The molecule has 0 atom stereocenters. The molecule has 0 aromatic carbocycles. The molecule has 0 aliphatic heterocycles. The molecule has 0 aliphatic carbocycles. The first-order chi connectivity index (χ1) is 9.79. The molecule has 0 bridgehead atoms. The van der Waals surface area contributed by atoms with Crippen LogP contribution in [-0.4, -0.2) is 23.1 Å². The molecule has 106 valence electrons. The van der Waals surface area contributed by atoms with Gasteiger partial charge in [0, 0.05) is 18.9 Å². The van der Waals surface area contributed by atoms with Crippen LogP contribution in [0.5, 0.6) is 5.88 Å². The van der Waals surface area contributed by atoms with Crippen molar-refractivity contribution in [1.29, 1.82) is 0 Å². The van der Waals surface area contributed by atoms with Crippen molar-refractivity contribution in [2.75, 3.05) is 24.2 Å². The molecule has 2 aromatic rings. The summed E-state index contributed by atoms with van der Waals surface area (Å²) in [6.07, 6.45) is 5.47. The molecule has 0 radical (unpaired) electrons. The summed E-state index contributed by atoms with van der Waals surface area (Å²) in [7, 11) is 0. The summed E-state index contributed by atoms with van der Waals surface area (Å²) in [6, 6.07) is 7.66. The van der Waals surface area contributed by atoms with E-state index < -0.39 is 0 Å². The van der Waals surface area contributed by atoms with Gasteiger partial charge in [0.25, 0.3) is 0 Å². The number of nitrogens with one attached hydrogen (secondary N) is 1. The molecule has 0 unspecified atom stereocenters. The highest BCUT2D eigenvalue weighted by molar-refractivity contribution is 5.53. The summed E-state index contributed by atoms with van der Waals surface area (Å²) in [6.45, 7) is 3.46. The number of pyridine rings is 2. The Hall–Kier alpha value is -2.30. The van der Waals surface area contributed by atoms with E-state index in [9.17, 15) is 0 Å². The molecular weight excluding hydrogens is 252 g/mol. The molecule has 2 heterocycles. The highest BCUT2D eigenvalue weighted by Gasteiger charge is 2.04. The summed E-state index contributed by atoms with van der Waals surface area (Å²) in [5.74, 6) is 1.27. The van der Waals surface area contributed by atoms with Gasteiger partial charge in [0.1, 0.15) is 5.82 Å². The fraction of sp³-hybridized carbons (Fsp3) is 0.333. The van der Waals surface area contributed by atoms with Crippen LogP contribution in [0.15, 0.2) is 36.7 Å². The van der Waals surface area contributed by atoms with Gasteiger partial charge < -0.3 is 15.8 Å². The van der Waals surface area contributed by atoms with Crippen LogP contribution in [0.1, 0.15) is 18.9 Å². The monoisotopic (exact) mass is 272 g/mol. The number of nitrogen functional groups attached to an aromatic ring is 1. The molecule has 5 heteroatoms. The van der Waals surface area contributed by atoms with Crippen molar-refractivity contribution in [2.24, 2.45) is 0 Å². The van der Waals surface area contributed by atoms with Gasteiger partial charge in [-0.15, -0.1) is 0 Å². The van der Waals surface area contributed by atoms with Crippen LogP contribution in [-0.2, 0) is 6.42 Å². The highest BCUT2D eigenvalue weighted by atomic mass is 16.5. The molecule has 0 amide bonds. The number of hydrogen-bond donors (Lipinski definition) is 2. The zero-order valence-corrected chi connectivity index (χ0v) is 11.7. The average Bonchev–Trinajstić information content (AvgIpc) is 2.49. The fourth-order valence-corrected chi connectivity index (χ4v) is 1.74. The van der Waals surface area contributed by atoms with E-state index >= 15 is 0 Å². The van der Waals surface area contributed by atoms with E-state index in [1.54, 1.807) is 6.20 Å². The third-order valence-electron chi connectivity index (χ3n) is 2.78. The minimum atomic E-state index is 0.498. The van der Waals surface area contributed by atoms with E-state index in [0.29, 0.717) is 18.2 Å². The van der Waals surface area contributed by atoms with Crippen molar-refractivity contribution in [2.45, 2.75) is 19.8 Å². The first-order valence-corrected chi connectivity index (χ1v) is 6.81. The van der Waals surface area contributed by atoms with Crippen LogP contribution in [0.25, 0.3) is 0 Å². The first-order valence-electron chi connectivity index (χ1n) is 6.81. The van der Waals surface area contributed by atoms with Gasteiger partial charge in [0.2, 0.25) is 5.88 Å².